The average Bonchev–Trinajstić information content (AvgIpc) is 3.36. The van der Waals surface area contributed by atoms with Crippen LogP contribution in [0.4, 0.5) is 16.4 Å². The predicted molar refractivity (Wildman–Crippen MR) is 114 cm³/mol. The van der Waals surface area contributed by atoms with Crippen molar-refractivity contribution in [1.29, 1.82) is 0 Å². The van der Waals surface area contributed by atoms with Crippen LogP contribution in [-0.4, -0.2) is 34.9 Å². The van der Waals surface area contributed by atoms with E-state index in [1.54, 1.807) is 6.07 Å². The zero-order valence-electron chi connectivity index (χ0n) is 16.6. The first-order valence-corrected chi connectivity index (χ1v) is 10.4. The molecule has 0 radical (unpaired) electrons. The lowest BCUT2D eigenvalue weighted by molar-refractivity contribution is -0.383. The van der Waals surface area contributed by atoms with E-state index in [-0.39, 0.29) is 11.2 Å². The molecule has 0 aliphatic heterocycles. The number of unbranched alkanes of at least 4 members (excludes halogenated alkanes) is 4. The molecule has 11 heteroatoms. The number of fused-ring (bicyclic) bond motifs is 1. The van der Waals surface area contributed by atoms with Gasteiger partial charge >= 0.3 is 11.7 Å². The summed E-state index contributed by atoms with van der Waals surface area (Å²) >= 11 is 1.44. The van der Waals surface area contributed by atoms with Gasteiger partial charge in [0.2, 0.25) is 5.52 Å². The first-order valence-electron chi connectivity index (χ1n) is 9.61. The number of aromatic nitrogens is 2. The number of thiophene rings is 1. The fourth-order valence-electron chi connectivity index (χ4n) is 3.17. The summed E-state index contributed by atoms with van der Waals surface area (Å²) in [5, 5.41) is 22.1. The number of esters is 1. The summed E-state index contributed by atoms with van der Waals surface area (Å²) < 4.78 is 9.37. The molecule has 10 nitrogen and oxygen atoms in total. The number of rotatable bonds is 11. The number of nitro benzene ring substituents is 1. The molecule has 160 valence electrons. The summed E-state index contributed by atoms with van der Waals surface area (Å²) in [6, 6.07) is 4.84. The molecule has 0 saturated carbocycles. The Bertz CT molecular complexity index is 1030. The normalized spacial score (nSPS) is 11.0. The van der Waals surface area contributed by atoms with Crippen LogP contribution in [0.2, 0.25) is 0 Å². The van der Waals surface area contributed by atoms with Crippen molar-refractivity contribution in [3.63, 3.8) is 0 Å². The maximum Gasteiger partial charge on any atom is 0.340 e. The Labute approximate surface area is 176 Å². The Morgan fingerprint density at radius 1 is 1.23 bits per heavy atom. The maximum atomic E-state index is 11.6. The molecule has 0 amide bonds. The third-order valence-electron chi connectivity index (χ3n) is 4.72. The number of nitrogens with one attached hydrogen (secondary N) is 1. The molecule has 3 rings (SSSR count). The number of hydrogen-bond acceptors (Lipinski definition) is 10. The summed E-state index contributed by atoms with van der Waals surface area (Å²) in [4.78, 5) is 23.2. The number of benzene rings is 1. The van der Waals surface area contributed by atoms with E-state index < -0.39 is 10.9 Å². The number of carbonyl (C=O) groups excluding carboxylic acids is 1. The van der Waals surface area contributed by atoms with Gasteiger partial charge in [0.25, 0.3) is 0 Å². The van der Waals surface area contributed by atoms with E-state index in [0.29, 0.717) is 21.8 Å². The number of ether oxygens (including phenoxy) is 1. The topological polar surface area (TPSA) is 146 Å². The van der Waals surface area contributed by atoms with Gasteiger partial charge in [-0.15, -0.1) is 11.3 Å². The second-order valence-electron chi connectivity index (χ2n) is 6.78. The van der Waals surface area contributed by atoms with E-state index in [1.807, 2.05) is 6.07 Å². The highest BCUT2D eigenvalue weighted by molar-refractivity contribution is 7.16. The van der Waals surface area contributed by atoms with E-state index in [0.717, 1.165) is 49.9 Å². The van der Waals surface area contributed by atoms with E-state index in [2.05, 4.69) is 20.3 Å². The number of methoxy groups -OCH3 is 1. The standard InChI is InChI=1S/C19H23N5O5S/c1-28-19(25)13-11-12(30-18(13)20)7-5-3-2-4-6-10-21-14-8-9-15(24(26)27)17-16(14)22-29-23-17/h8-9,11,21H,2-7,10,20H2,1H3. The monoisotopic (exact) mass is 433 g/mol. The van der Waals surface area contributed by atoms with E-state index in [9.17, 15) is 14.9 Å². The van der Waals surface area contributed by atoms with E-state index in [4.69, 9.17) is 10.5 Å². The third kappa shape index (κ3) is 5.03. The molecule has 0 atom stereocenters. The quantitative estimate of drug-likeness (QED) is 0.197. The fourth-order valence-corrected chi connectivity index (χ4v) is 4.13. The fraction of sp³-hybridized carbons (Fsp3) is 0.421. The molecule has 2 aromatic heterocycles. The predicted octanol–water partition coefficient (Wildman–Crippen LogP) is 4.17. The molecule has 0 aliphatic carbocycles. The van der Waals surface area contributed by atoms with Crippen LogP contribution in [-0.2, 0) is 11.2 Å². The van der Waals surface area contributed by atoms with Gasteiger partial charge in [0.05, 0.1) is 23.3 Å². The van der Waals surface area contributed by atoms with Crippen LogP contribution < -0.4 is 11.1 Å². The van der Waals surface area contributed by atoms with Crippen LogP contribution in [0.5, 0.6) is 0 Å². The summed E-state index contributed by atoms with van der Waals surface area (Å²) in [5.41, 5.74) is 7.38. The van der Waals surface area contributed by atoms with Gasteiger partial charge in [-0.25, -0.2) is 9.42 Å². The van der Waals surface area contributed by atoms with Crippen molar-refractivity contribution in [2.75, 3.05) is 24.7 Å². The van der Waals surface area contributed by atoms with Gasteiger partial charge < -0.3 is 15.8 Å². The molecule has 3 N–H and O–H groups in total. The summed E-state index contributed by atoms with van der Waals surface area (Å²) in [7, 11) is 1.35. The Kier molecular flexibility index (Phi) is 7.17. The number of nitrogens with two attached hydrogens (primary N) is 1. The van der Waals surface area contributed by atoms with E-state index in [1.165, 1.54) is 24.5 Å². The van der Waals surface area contributed by atoms with Crippen molar-refractivity contribution in [2.24, 2.45) is 0 Å². The number of hydrogen-bond donors (Lipinski definition) is 2. The minimum atomic E-state index is -0.503. The largest absolute Gasteiger partial charge is 0.465 e. The Morgan fingerprint density at radius 3 is 2.73 bits per heavy atom. The van der Waals surface area contributed by atoms with Gasteiger partial charge in [-0.1, -0.05) is 19.3 Å². The lowest BCUT2D eigenvalue weighted by Crippen LogP contribution is -2.02. The Hall–Kier alpha value is -3.21. The SMILES string of the molecule is COC(=O)c1cc(CCCCCCCNc2ccc([N+](=O)[O-])c3nonc23)sc1N. The Morgan fingerprint density at radius 2 is 1.97 bits per heavy atom. The first-order chi connectivity index (χ1) is 14.5. The molecule has 3 aromatic rings. The number of non-ortho nitro benzene ring substituents is 1. The number of nitrogens with zero attached hydrogens (tertiary/aromatic N) is 3. The molecule has 1 aromatic carbocycles. The van der Waals surface area contributed by atoms with Crippen molar-refractivity contribution in [3.05, 3.63) is 38.8 Å². The van der Waals surface area contributed by atoms with Crippen molar-refractivity contribution in [1.82, 2.24) is 10.3 Å². The van der Waals surface area contributed by atoms with Gasteiger partial charge in [0.15, 0.2) is 5.52 Å². The minimum absolute atomic E-state index is 0.122. The number of aryl methyl sites for hydroxylation is 1. The zero-order valence-corrected chi connectivity index (χ0v) is 17.4. The van der Waals surface area contributed by atoms with E-state index >= 15 is 0 Å². The molecule has 30 heavy (non-hydrogen) atoms. The molecule has 0 unspecified atom stereocenters. The Balaban J connectivity index is 1.35. The molecule has 0 saturated heterocycles. The highest BCUT2D eigenvalue weighted by atomic mass is 32.1. The maximum absolute atomic E-state index is 11.6. The second-order valence-corrected chi connectivity index (χ2v) is 7.95. The summed E-state index contributed by atoms with van der Waals surface area (Å²) in [6.07, 6.45) is 6.11. The van der Waals surface area contributed by atoms with Crippen molar-refractivity contribution >= 4 is 44.7 Å². The van der Waals surface area contributed by atoms with Crippen LogP contribution in [0.3, 0.4) is 0 Å². The van der Waals surface area contributed by atoms with Crippen molar-refractivity contribution < 1.29 is 19.1 Å². The number of nitrogen functional groups attached to an aromatic ring is 1. The summed E-state index contributed by atoms with van der Waals surface area (Å²) in [5.74, 6) is -0.394. The smallest absolute Gasteiger partial charge is 0.340 e. The first kappa shape index (κ1) is 21.5. The van der Waals surface area contributed by atoms with Crippen molar-refractivity contribution in [3.8, 4) is 0 Å². The van der Waals surface area contributed by atoms with Crippen LogP contribution in [0, 0.1) is 10.1 Å². The highest BCUT2D eigenvalue weighted by Crippen LogP contribution is 2.29. The second kappa shape index (κ2) is 10.0. The van der Waals surface area contributed by atoms with Crippen molar-refractivity contribution in [2.45, 2.75) is 38.5 Å². The average molecular weight is 433 g/mol. The lowest BCUT2D eigenvalue weighted by atomic mass is 10.1. The minimum Gasteiger partial charge on any atom is -0.465 e. The molecule has 0 aliphatic rings. The number of anilines is 2. The third-order valence-corrected chi connectivity index (χ3v) is 5.75. The molecule has 0 fully saturated rings. The molecular formula is C19H23N5O5S. The van der Waals surface area contributed by atoms with Gasteiger partial charge in [-0.3, -0.25) is 10.1 Å². The van der Waals surface area contributed by atoms with Gasteiger partial charge in [-0.2, -0.15) is 0 Å². The van der Waals surface area contributed by atoms with Gasteiger partial charge in [0, 0.05) is 17.5 Å². The van der Waals surface area contributed by atoms with Gasteiger partial charge in [-0.05, 0) is 41.7 Å². The summed E-state index contributed by atoms with van der Waals surface area (Å²) in [6.45, 7) is 0.726. The number of nitro groups is 1. The van der Waals surface area contributed by atoms with Crippen LogP contribution in [0.15, 0.2) is 22.8 Å². The molecule has 2 heterocycles. The van der Waals surface area contributed by atoms with Crippen LogP contribution in [0.1, 0.15) is 47.3 Å². The molecule has 0 bridgehead atoms. The lowest BCUT2D eigenvalue weighted by Gasteiger charge is -2.06. The molecular weight excluding hydrogens is 410 g/mol. The van der Waals surface area contributed by atoms with Crippen LogP contribution >= 0.6 is 11.3 Å². The van der Waals surface area contributed by atoms with Crippen LogP contribution in [0.25, 0.3) is 11.0 Å². The number of carbonyl (C=O) groups is 1. The molecule has 0 spiro atoms. The zero-order chi connectivity index (χ0) is 21.5. The highest BCUT2D eigenvalue weighted by Gasteiger charge is 2.19. The van der Waals surface area contributed by atoms with Gasteiger partial charge in [0.1, 0.15) is 5.00 Å².